The Morgan fingerprint density at radius 1 is 1.50 bits per heavy atom. The molecule has 1 N–H and O–H groups in total. The third kappa shape index (κ3) is 2.05. The van der Waals surface area contributed by atoms with E-state index in [0.29, 0.717) is 0 Å². The third-order valence-corrected chi connectivity index (χ3v) is 3.13. The Kier molecular flexibility index (Phi) is 3.34. The average molecular weight is 175 g/mol. The molecule has 0 aliphatic carbocycles. The fourth-order valence-electron chi connectivity index (χ4n) is 0.688. The first-order valence-electron chi connectivity index (χ1n) is 2.93. The smallest absolute Gasteiger partial charge is 0.167 e. The first-order valence-corrected chi connectivity index (χ1v) is 5.55. The van der Waals surface area contributed by atoms with E-state index in [-0.39, 0.29) is 10.4 Å². The van der Waals surface area contributed by atoms with Crippen molar-refractivity contribution in [1.29, 1.82) is 0 Å². The van der Waals surface area contributed by atoms with E-state index >= 15 is 0 Å². The minimum Gasteiger partial charge on any atom is -0.628 e. The highest BCUT2D eigenvalue weighted by Gasteiger charge is 2.11. The van der Waals surface area contributed by atoms with Crippen molar-refractivity contribution in [3.63, 3.8) is 0 Å². The fourth-order valence-corrected chi connectivity index (χ4v) is 2.32. The van der Waals surface area contributed by atoms with Crippen LogP contribution in [0.15, 0.2) is 24.4 Å². The lowest BCUT2D eigenvalue weighted by Crippen LogP contribution is -3.06. The van der Waals surface area contributed by atoms with Crippen LogP contribution in [0.5, 0.6) is 0 Å². The quantitative estimate of drug-likeness (QED) is 0.496. The van der Waals surface area contributed by atoms with Crippen LogP contribution in [0.3, 0.4) is 0 Å². The number of hydrogen-bond acceptors (Lipinski definition) is 3. The lowest BCUT2D eigenvalue weighted by Gasteiger charge is -2.25. The van der Waals surface area contributed by atoms with Crippen LogP contribution in [0, 0.1) is 5.21 Å². The highest BCUT2D eigenvalue weighted by Crippen LogP contribution is 2.21. The van der Waals surface area contributed by atoms with Crippen molar-refractivity contribution in [2.75, 3.05) is 6.26 Å². The molecule has 1 aliphatic rings. The molecule has 0 saturated heterocycles. The summed E-state index contributed by atoms with van der Waals surface area (Å²) in [7, 11) is 3.21. The second kappa shape index (κ2) is 4.08. The molecule has 0 spiro atoms. The molecule has 56 valence electrons. The van der Waals surface area contributed by atoms with Gasteiger partial charge in [-0.1, -0.05) is 16.9 Å². The van der Waals surface area contributed by atoms with E-state index in [9.17, 15) is 5.21 Å². The first-order chi connectivity index (χ1) is 4.84. The normalized spacial score (nSPS) is 31.0. The summed E-state index contributed by atoms with van der Waals surface area (Å²) < 4.78 is 0. The van der Waals surface area contributed by atoms with Crippen molar-refractivity contribution in [3.05, 3.63) is 29.6 Å². The maximum atomic E-state index is 11.0. The van der Waals surface area contributed by atoms with Gasteiger partial charge < -0.3 is 10.3 Å². The van der Waals surface area contributed by atoms with E-state index < -0.39 is 0 Å². The van der Waals surface area contributed by atoms with Gasteiger partial charge in [0, 0.05) is 0 Å². The SMILES string of the molecule is CSSC1C=CC=C[NH+]1[O-]. The Balaban J connectivity index is 2.44. The summed E-state index contributed by atoms with van der Waals surface area (Å²) in [4.78, 5) is 0. The topological polar surface area (TPSA) is 27.5 Å². The lowest BCUT2D eigenvalue weighted by atomic mass is 10.4. The van der Waals surface area contributed by atoms with Gasteiger partial charge in [-0.25, -0.2) is 0 Å². The van der Waals surface area contributed by atoms with Crippen LogP contribution in [0.4, 0.5) is 0 Å². The van der Waals surface area contributed by atoms with Gasteiger partial charge in [-0.3, -0.25) is 0 Å². The Bertz CT molecular complexity index is 158. The molecule has 0 amide bonds. The van der Waals surface area contributed by atoms with Crippen molar-refractivity contribution in [1.82, 2.24) is 0 Å². The van der Waals surface area contributed by atoms with Crippen LogP contribution in [0.1, 0.15) is 0 Å². The summed E-state index contributed by atoms with van der Waals surface area (Å²) in [6.45, 7) is 0. The summed E-state index contributed by atoms with van der Waals surface area (Å²) in [6.07, 6.45) is 9.20. The van der Waals surface area contributed by atoms with E-state index in [1.807, 2.05) is 18.4 Å². The molecular weight excluding hydrogens is 166 g/mol. The zero-order chi connectivity index (χ0) is 7.40. The molecule has 1 heterocycles. The molecule has 0 fully saturated rings. The van der Waals surface area contributed by atoms with Gasteiger partial charge in [0.25, 0.3) is 0 Å². The molecule has 0 aromatic carbocycles. The average Bonchev–Trinajstić information content (AvgIpc) is 1.94. The maximum absolute atomic E-state index is 11.0. The Labute approximate surface area is 68.3 Å². The highest BCUT2D eigenvalue weighted by atomic mass is 33.1. The minimum absolute atomic E-state index is 0.0417. The Hall–Kier alpha value is 0.1000. The van der Waals surface area contributed by atoms with Gasteiger partial charge in [-0.2, -0.15) is 0 Å². The fraction of sp³-hybridized carbons (Fsp3) is 0.333. The van der Waals surface area contributed by atoms with E-state index in [4.69, 9.17) is 0 Å². The molecule has 0 bridgehead atoms. The summed E-state index contributed by atoms with van der Waals surface area (Å²) in [5.41, 5.74) is 0. The molecule has 2 nitrogen and oxygen atoms in total. The maximum Gasteiger partial charge on any atom is 0.167 e. The number of allylic oxidation sites excluding steroid dienone is 2. The molecule has 2 unspecified atom stereocenters. The van der Waals surface area contributed by atoms with Crippen molar-refractivity contribution in [2.45, 2.75) is 5.37 Å². The lowest BCUT2D eigenvalue weighted by molar-refractivity contribution is -0.795. The second-order valence-corrected chi connectivity index (χ2v) is 4.44. The molecule has 0 saturated carbocycles. The van der Waals surface area contributed by atoms with E-state index in [2.05, 4.69) is 0 Å². The van der Waals surface area contributed by atoms with Crippen LogP contribution in [-0.2, 0) is 0 Å². The molecule has 10 heavy (non-hydrogen) atoms. The molecule has 0 aromatic heterocycles. The van der Waals surface area contributed by atoms with Gasteiger partial charge in [0.05, 0.1) is 6.20 Å². The predicted octanol–water partition coefficient (Wildman–Crippen LogP) is 0.790. The van der Waals surface area contributed by atoms with Gasteiger partial charge in [-0.15, -0.1) is 0 Å². The highest BCUT2D eigenvalue weighted by molar-refractivity contribution is 8.76. The minimum atomic E-state index is 0.0417. The predicted molar refractivity (Wildman–Crippen MR) is 47.5 cm³/mol. The number of rotatable bonds is 2. The molecule has 4 heteroatoms. The zero-order valence-corrected chi connectivity index (χ0v) is 7.24. The van der Waals surface area contributed by atoms with Crippen molar-refractivity contribution in [2.24, 2.45) is 0 Å². The monoisotopic (exact) mass is 175 g/mol. The number of nitrogens with one attached hydrogen (secondary N) is 1. The van der Waals surface area contributed by atoms with Crippen LogP contribution >= 0.6 is 21.6 Å². The van der Waals surface area contributed by atoms with Crippen LogP contribution in [0.25, 0.3) is 0 Å². The first kappa shape index (κ1) is 8.20. The second-order valence-electron chi connectivity index (χ2n) is 1.83. The molecule has 0 radical (unpaired) electrons. The Morgan fingerprint density at radius 3 is 2.90 bits per heavy atom. The number of hydrogen-bond donors (Lipinski definition) is 1. The van der Waals surface area contributed by atoms with Gasteiger partial charge in [-0.05, 0) is 29.2 Å². The van der Waals surface area contributed by atoms with Gasteiger partial charge in [0.2, 0.25) is 0 Å². The Morgan fingerprint density at radius 2 is 2.30 bits per heavy atom. The summed E-state index contributed by atoms with van der Waals surface area (Å²) in [6, 6.07) is 0. The standard InChI is InChI=1S/C6H9NOS2/c1-9-10-6-4-2-3-5-7(6)8/h2-7H,1H3. The van der Waals surface area contributed by atoms with Gasteiger partial charge in [0.15, 0.2) is 5.37 Å². The number of hydroxylamine groups is 2. The van der Waals surface area contributed by atoms with E-state index in [0.717, 1.165) is 0 Å². The van der Waals surface area contributed by atoms with E-state index in [1.54, 1.807) is 33.9 Å². The van der Waals surface area contributed by atoms with Crippen LogP contribution < -0.4 is 5.06 Å². The number of quaternary nitrogens is 1. The largest absolute Gasteiger partial charge is 0.628 e. The summed E-state index contributed by atoms with van der Waals surface area (Å²) >= 11 is 0. The molecule has 0 aromatic rings. The third-order valence-electron chi connectivity index (χ3n) is 1.14. The zero-order valence-electron chi connectivity index (χ0n) is 5.61. The molecular formula is C6H9NOS2. The van der Waals surface area contributed by atoms with Crippen LogP contribution in [0.2, 0.25) is 0 Å². The summed E-state index contributed by atoms with van der Waals surface area (Å²) in [5, 5.41) is 11.2. The molecule has 1 aliphatic heterocycles. The van der Waals surface area contributed by atoms with Gasteiger partial charge in [0.1, 0.15) is 0 Å². The van der Waals surface area contributed by atoms with E-state index in [1.165, 1.54) is 0 Å². The van der Waals surface area contributed by atoms with Crippen molar-refractivity contribution >= 4 is 21.6 Å². The molecule has 1 rings (SSSR count). The van der Waals surface area contributed by atoms with Gasteiger partial charge >= 0.3 is 0 Å². The molecule has 2 atom stereocenters. The van der Waals surface area contributed by atoms with Crippen molar-refractivity contribution in [3.8, 4) is 0 Å². The van der Waals surface area contributed by atoms with Crippen LogP contribution in [-0.4, -0.2) is 11.6 Å². The van der Waals surface area contributed by atoms with Crippen molar-refractivity contribution < 1.29 is 5.06 Å². The summed E-state index contributed by atoms with van der Waals surface area (Å²) in [5.74, 6) is 0.